The monoisotopic (exact) mass is 554 g/mol. The van der Waals surface area contributed by atoms with Crippen LogP contribution in [0.15, 0.2) is 117 Å². The van der Waals surface area contributed by atoms with Crippen molar-refractivity contribution in [3.63, 3.8) is 0 Å². The predicted molar refractivity (Wildman–Crippen MR) is 140 cm³/mol. The molecule has 0 bridgehead atoms. The standard InChI is InChI=1S/C28H26O8S2/c1-2-3-28(35-22-8-16-26(17-9-22)37(31,32)24-12-4-20(29)5-13-24)36-23-10-18-27(19-11-23)38(33,34)25-14-6-21(30)7-15-25/h4-19,28-30H,2-3H2,1H3. The normalized spacial score (nSPS) is 11.8. The van der Waals surface area contributed by atoms with E-state index in [0.29, 0.717) is 17.9 Å². The third-order valence-electron chi connectivity index (χ3n) is 5.62. The molecule has 0 aliphatic heterocycles. The highest BCUT2D eigenvalue weighted by Gasteiger charge is 2.20. The number of phenolic OH excluding ortho intramolecular Hbond substituents is 2. The van der Waals surface area contributed by atoms with Gasteiger partial charge in [-0.1, -0.05) is 6.92 Å². The molecule has 0 aromatic heterocycles. The summed E-state index contributed by atoms with van der Waals surface area (Å²) in [6.45, 7) is 1.96. The molecule has 198 valence electrons. The second-order valence-corrected chi connectivity index (χ2v) is 12.3. The van der Waals surface area contributed by atoms with Gasteiger partial charge in [-0.05, 0) is 103 Å². The van der Waals surface area contributed by atoms with E-state index >= 15 is 0 Å². The number of sulfone groups is 2. The van der Waals surface area contributed by atoms with E-state index in [4.69, 9.17) is 9.47 Å². The quantitative estimate of drug-likeness (QED) is 0.251. The first-order valence-electron chi connectivity index (χ1n) is 11.7. The van der Waals surface area contributed by atoms with Crippen LogP contribution in [-0.2, 0) is 19.7 Å². The molecule has 38 heavy (non-hydrogen) atoms. The topological polar surface area (TPSA) is 127 Å². The van der Waals surface area contributed by atoms with Gasteiger partial charge < -0.3 is 19.7 Å². The van der Waals surface area contributed by atoms with E-state index in [1.807, 2.05) is 6.92 Å². The highest BCUT2D eigenvalue weighted by molar-refractivity contribution is 7.91. The lowest BCUT2D eigenvalue weighted by molar-refractivity contribution is -0.00111. The van der Waals surface area contributed by atoms with Crippen LogP contribution in [0.5, 0.6) is 23.0 Å². The highest BCUT2D eigenvalue weighted by Crippen LogP contribution is 2.27. The van der Waals surface area contributed by atoms with Gasteiger partial charge in [-0.2, -0.15) is 0 Å². The number of benzene rings is 4. The number of phenols is 2. The van der Waals surface area contributed by atoms with Crippen molar-refractivity contribution in [1.82, 2.24) is 0 Å². The molecule has 0 radical (unpaired) electrons. The predicted octanol–water partition coefficient (Wildman–Crippen LogP) is 5.35. The summed E-state index contributed by atoms with van der Waals surface area (Å²) < 4.78 is 63.2. The van der Waals surface area contributed by atoms with Crippen LogP contribution in [-0.4, -0.2) is 33.3 Å². The summed E-state index contributed by atoms with van der Waals surface area (Å²) in [4.78, 5) is 0.280. The van der Waals surface area contributed by atoms with Crippen LogP contribution in [0.3, 0.4) is 0 Å². The van der Waals surface area contributed by atoms with Crippen LogP contribution in [0.4, 0.5) is 0 Å². The molecule has 0 unspecified atom stereocenters. The molecule has 0 saturated heterocycles. The fourth-order valence-electron chi connectivity index (χ4n) is 3.60. The summed E-state index contributed by atoms with van der Waals surface area (Å²) in [6.07, 6.45) is 0.575. The molecular weight excluding hydrogens is 528 g/mol. The second-order valence-electron chi connectivity index (χ2n) is 8.39. The van der Waals surface area contributed by atoms with Crippen molar-refractivity contribution in [3.05, 3.63) is 97.1 Å². The SMILES string of the molecule is CCCC(Oc1ccc(S(=O)(=O)c2ccc(O)cc2)cc1)Oc1ccc(S(=O)(=O)c2ccc(O)cc2)cc1. The molecule has 8 nitrogen and oxygen atoms in total. The lowest BCUT2D eigenvalue weighted by atomic mass is 10.3. The van der Waals surface area contributed by atoms with Crippen molar-refractivity contribution in [2.75, 3.05) is 0 Å². The molecular formula is C28H26O8S2. The van der Waals surface area contributed by atoms with Crippen LogP contribution < -0.4 is 9.47 Å². The summed E-state index contributed by atoms with van der Waals surface area (Å²) >= 11 is 0. The molecule has 0 spiro atoms. The van der Waals surface area contributed by atoms with Crippen molar-refractivity contribution in [2.24, 2.45) is 0 Å². The van der Waals surface area contributed by atoms with Crippen molar-refractivity contribution in [2.45, 2.75) is 45.6 Å². The van der Waals surface area contributed by atoms with E-state index in [2.05, 4.69) is 0 Å². The van der Waals surface area contributed by atoms with E-state index in [-0.39, 0.29) is 31.1 Å². The summed E-state index contributed by atoms with van der Waals surface area (Å²) in [5, 5.41) is 18.8. The third kappa shape index (κ3) is 6.09. The van der Waals surface area contributed by atoms with Crippen LogP contribution in [0, 0.1) is 0 Å². The molecule has 0 aliphatic rings. The Balaban J connectivity index is 1.46. The fourth-order valence-corrected chi connectivity index (χ4v) is 6.12. The van der Waals surface area contributed by atoms with E-state index in [9.17, 15) is 27.0 Å². The Labute approximate surface area is 221 Å². The maximum atomic E-state index is 12.8. The first kappa shape index (κ1) is 27.0. The molecule has 4 aromatic rings. The fraction of sp³-hybridized carbons (Fsp3) is 0.143. The summed E-state index contributed by atoms with van der Waals surface area (Å²) in [5.74, 6) is 0.755. The van der Waals surface area contributed by atoms with E-state index in [0.717, 1.165) is 6.42 Å². The molecule has 0 saturated carbocycles. The maximum absolute atomic E-state index is 12.8. The molecule has 4 aromatic carbocycles. The van der Waals surface area contributed by atoms with E-state index in [1.54, 1.807) is 0 Å². The van der Waals surface area contributed by atoms with Crippen LogP contribution in [0.25, 0.3) is 0 Å². The first-order valence-corrected chi connectivity index (χ1v) is 14.7. The van der Waals surface area contributed by atoms with E-state index in [1.165, 1.54) is 97.1 Å². The van der Waals surface area contributed by atoms with E-state index < -0.39 is 26.0 Å². The van der Waals surface area contributed by atoms with Crippen LogP contribution in [0.2, 0.25) is 0 Å². The number of hydrogen-bond acceptors (Lipinski definition) is 8. The largest absolute Gasteiger partial charge is 0.508 e. The van der Waals surface area contributed by atoms with Gasteiger partial charge in [0.25, 0.3) is 0 Å². The Kier molecular flexibility index (Phi) is 7.94. The van der Waals surface area contributed by atoms with Gasteiger partial charge in [-0.25, -0.2) is 16.8 Å². The smallest absolute Gasteiger partial charge is 0.241 e. The molecule has 0 atom stereocenters. The Morgan fingerprint density at radius 1 is 0.553 bits per heavy atom. The molecule has 0 aliphatic carbocycles. The lowest BCUT2D eigenvalue weighted by Crippen LogP contribution is -2.23. The molecule has 4 rings (SSSR count). The minimum absolute atomic E-state index is 0.0248. The number of aromatic hydroxyl groups is 2. The Hall–Kier alpha value is -4.02. The molecule has 2 N–H and O–H groups in total. The van der Waals surface area contributed by atoms with Crippen molar-refractivity contribution < 1.29 is 36.5 Å². The van der Waals surface area contributed by atoms with Crippen molar-refractivity contribution >= 4 is 19.7 Å². The number of rotatable bonds is 10. The number of ether oxygens (including phenoxy) is 2. The van der Waals surface area contributed by atoms with Gasteiger partial charge in [0.2, 0.25) is 26.0 Å². The van der Waals surface area contributed by atoms with Gasteiger partial charge in [-0.3, -0.25) is 0 Å². The zero-order valence-corrected chi connectivity index (χ0v) is 22.0. The Morgan fingerprint density at radius 2 is 0.842 bits per heavy atom. The molecule has 0 heterocycles. The van der Waals surface area contributed by atoms with Crippen molar-refractivity contribution in [1.29, 1.82) is 0 Å². The summed E-state index contributed by atoms with van der Waals surface area (Å²) in [7, 11) is -7.52. The Morgan fingerprint density at radius 3 is 1.13 bits per heavy atom. The van der Waals surface area contributed by atoms with Crippen LogP contribution in [0.1, 0.15) is 19.8 Å². The lowest BCUT2D eigenvalue weighted by Gasteiger charge is -2.20. The van der Waals surface area contributed by atoms with Crippen LogP contribution >= 0.6 is 0 Å². The van der Waals surface area contributed by atoms with Gasteiger partial charge in [0.15, 0.2) is 0 Å². The third-order valence-corrected chi connectivity index (χ3v) is 9.19. The van der Waals surface area contributed by atoms with Gasteiger partial charge in [-0.15, -0.1) is 0 Å². The average molecular weight is 555 g/mol. The van der Waals surface area contributed by atoms with Gasteiger partial charge in [0, 0.05) is 6.42 Å². The minimum Gasteiger partial charge on any atom is -0.508 e. The van der Waals surface area contributed by atoms with Gasteiger partial charge in [0.1, 0.15) is 23.0 Å². The number of hydrogen-bond donors (Lipinski definition) is 2. The summed E-state index contributed by atoms with van der Waals surface area (Å²) in [6, 6.07) is 22.5. The zero-order chi connectivity index (χ0) is 27.3. The molecule has 0 amide bonds. The second kappa shape index (κ2) is 11.2. The average Bonchev–Trinajstić information content (AvgIpc) is 2.90. The van der Waals surface area contributed by atoms with Gasteiger partial charge >= 0.3 is 0 Å². The van der Waals surface area contributed by atoms with Gasteiger partial charge in [0.05, 0.1) is 19.6 Å². The maximum Gasteiger partial charge on any atom is 0.241 e. The van der Waals surface area contributed by atoms with Crippen molar-refractivity contribution in [3.8, 4) is 23.0 Å². The highest BCUT2D eigenvalue weighted by atomic mass is 32.2. The molecule has 10 heteroatoms. The Bertz CT molecular complexity index is 1460. The summed E-state index contributed by atoms with van der Waals surface area (Å²) in [5.41, 5.74) is 0. The first-order chi connectivity index (χ1) is 18.1. The zero-order valence-electron chi connectivity index (χ0n) is 20.4. The minimum atomic E-state index is -3.76. The molecule has 0 fully saturated rings.